The highest BCUT2D eigenvalue weighted by Gasteiger charge is 2.16. The molecule has 2 unspecified atom stereocenters. The van der Waals surface area contributed by atoms with Gasteiger partial charge in [-0.15, -0.1) is 11.3 Å². The molecule has 0 spiro atoms. The van der Waals surface area contributed by atoms with E-state index in [1.807, 2.05) is 12.1 Å². The summed E-state index contributed by atoms with van der Waals surface area (Å²) >= 11 is 3.91. The molecule has 0 saturated carbocycles. The molecule has 156 valence electrons. The maximum Gasteiger partial charge on any atom is 0.139 e. The third-order valence-corrected chi connectivity index (χ3v) is 6.61. The van der Waals surface area contributed by atoms with E-state index in [0.717, 1.165) is 33.7 Å². The molecule has 0 saturated heterocycles. The number of aromatic nitrogens is 1. The van der Waals surface area contributed by atoms with Crippen molar-refractivity contribution < 1.29 is 9.84 Å². The van der Waals surface area contributed by atoms with E-state index in [9.17, 15) is 5.11 Å². The number of unbranched alkanes of at least 4 members (excludes halogenated alkanes) is 5. The van der Waals surface area contributed by atoms with Crippen LogP contribution in [-0.4, -0.2) is 21.1 Å². The van der Waals surface area contributed by atoms with Crippen molar-refractivity contribution in [3.63, 3.8) is 0 Å². The highest BCUT2D eigenvalue weighted by molar-refractivity contribution is 14.1. The number of benzene rings is 1. The standard InChI is InChI=1S/C23H34INO2S/c1-3-4-5-6-7-8-9-19-10-12-20(13-11-19)27-16-22(26)23-25-21(17-28-23)18(2)14-15-24/h10-13,17-18,22,26H,3-9,14-16H2,1-2H3. The van der Waals surface area contributed by atoms with Gasteiger partial charge in [0.15, 0.2) is 0 Å². The summed E-state index contributed by atoms with van der Waals surface area (Å²) in [7, 11) is 0. The summed E-state index contributed by atoms with van der Waals surface area (Å²) in [6, 6.07) is 8.30. The number of thiazole rings is 1. The molecule has 0 aliphatic rings. The number of nitrogens with zero attached hydrogens (tertiary/aromatic N) is 1. The SMILES string of the molecule is CCCCCCCCc1ccc(OCC(O)c2nc(C(C)CCI)cs2)cc1. The first-order valence-electron chi connectivity index (χ1n) is 10.5. The molecule has 1 heterocycles. The molecule has 2 aromatic rings. The van der Waals surface area contributed by atoms with Gasteiger partial charge in [0.25, 0.3) is 0 Å². The van der Waals surface area contributed by atoms with Crippen molar-refractivity contribution in [1.29, 1.82) is 0 Å². The Morgan fingerprint density at radius 2 is 1.82 bits per heavy atom. The summed E-state index contributed by atoms with van der Waals surface area (Å²) in [4.78, 5) is 4.60. The third kappa shape index (κ3) is 8.37. The van der Waals surface area contributed by atoms with Crippen LogP contribution in [0.3, 0.4) is 0 Å². The van der Waals surface area contributed by atoms with Gasteiger partial charge in [0.2, 0.25) is 0 Å². The topological polar surface area (TPSA) is 42.4 Å². The molecule has 1 aromatic heterocycles. The Kier molecular flexibility index (Phi) is 11.4. The molecule has 3 nitrogen and oxygen atoms in total. The van der Waals surface area contributed by atoms with Crippen LogP contribution in [0.5, 0.6) is 5.75 Å². The zero-order chi connectivity index (χ0) is 20.2. The van der Waals surface area contributed by atoms with Gasteiger partial charge in [0.1, 0.15) is 23.5 Å². The molecule has 0 fully saturated rings. The fourth-order valence-electron chi connectivity index (χ4n) is 3.10. The number of hydrogen-bond acceptors (Lipinski definition) is 4. The molecule has 2 rings (SSSR count). The Morgan fingerprint density at radius 3 is 2.54 bits per heavy atom. The smallest absolute Gasteiger partial charge is 0.139 e. The number of halogens is 1. The van der Waals surface area contributed by atoms with E-state index in [1.165, 1.54) is 55.4 Å². The van der Waals surface area contributed by atoms with Crippen LogP contribution in [0.2, 0.25) is 0 Å². The lowest BCUT2D eigenvalue weighted by Gasteiger charge is -2.11. The molecular formula is C23H34INO2S. The average molecular weight is 516 g/mol. The van der Waals surface area contributed by atoms with Crippen LogP contribution >= 0.6 is 33.9 Å². The zero-order valence-corrected chi connectivity index (χ0v) is 20.2. The van der Waals surface area contributed by atoms with Gasteiger partial charge < -0.3 is 9.84 Å². The maximum atomic E-state index is 10.4. The summed E-state index contributed by atoms with van der Waals surface area (Å²) in [6.45, 7) is 4.68. The van der Waals surface area contributed by atoms with Gasteiger partial charge in [-0.25, -0.2) is 4.98 Å². The van der Waals surface area contributed by atoms with Gasteiger partial charge in [-0.05, 0) is 42.9 Å². The lowest BCUT2D eigenvalue weighted by Crippen LogP contribution is -2.10. The molecule has 0 radical (unpaired) electrons. The van der Waals surface area contributed by atoms with Crippen molar-refractivity contribution in [1.82, 2.24) is 4.98 Å². The Morgan fingerprint density at radius 1 is 1.11 bits per heavy atom. The number of rotatable bonds is 14. The first kappa shape index (κ1) is 23.6. The van der Waals surface area contributed by atoms with Gasteiger partial charge in [-0.2, -0.15) is 0 Å². The van der Waals surface area contributed by atoms with E-state index in [-0.39, 0.29) is 6.61 Å². The molecular weight excluding hydrogens is 481 g/mol. The van der Waals surface area contributed by atoms with Gasteiger partial charge in [-0.1, -0.05) is 80.7 Å². The van der Waals surface area contributed by atoms with Gasteiger partial charge in [0, 0.05) is 9.81 Å². The Hall–Kier alpha value is -0.660. The van der Waals surface area contributed by atoms with Crippen LogP contribution in [0, 0.1) is 0 Å². The van der Waals surface area contributed by atoms with Crippen LogP contribution in [-0.2, 0) is 6.42 Å². The second kappa shape index (κ2) is 13.5. The Bertz CT molecular complexity index is 659. The van der Waals surface area contributed by atoms with Crippen LogP contribution in [0.1, 0.15) is 87.1 Å². The first-order valence-corrected chi connectivity index (χ1v) is 13.0. The van der Waals surface area contributed by atoms with Crippen molar-refractivity contribution >= 4 is 33.9 Å². The normalized spacial score (nSPS) is 13.4. The van der Waals surface area contributed by atoms with Crippen molar-refractivity contribution in [3.05, 3.63) is 45.9 Å². The number of ether oxygens (including phenoxy) is 1. The number of hydrogen-bond donors (Lipinski definition) is 1. The van der Waals surface area contributed by atoms with Gasteiger partial charge in [-0.3, -0.25) is 0 Å². The second-order valence-corrected chi connectivity index (χ2v) is 9.45. The summed E-state index contributed by atoms with van der Waals surface area (Å²) in [5.41, 5.74) is 2.44. The summed E-state index contributed by atoms with van der Waals surface area (Å²) < 4.78 is 6.90. The molecule has 1 aromatic carbocycles. The minimum atomic E-state index is -0.673. The average Bonchev–Trinajstić information content (AvgIpc) is 3.20. The van der Waals surface area contributed by atoms with E-state index in [0.29, 0.717) is 5.92 Å². The van der Waals surface area contributed by atoms with Crippen molar-refractivity contribution in [2.45, 2.75) is 77.2 Å². The summed E-state index contributed by atoms with van der Waals surface area (Å²) in [6.07, 6.45) is 9.52. The van der Waals surface area contributed by atoms with Crippen molar-refractivity contribution in [2.75, 3.05) is 11.0 Å². The van der Waals surface area contributed by atoms with E-state index in [4.69, 9.17) is 4.74 Å². The Labute approximate surface area is 188 Å². The predicted molar refractivity (Wildman–Crippen MR) is 128 cm³/mol. The maximum absolute atomic E-state index is 10.4. The Balaban J connectivity index is 1.72. The van der Waals surface area contributed by atoms with Crippen molar-refractivity contribution in [3.8, 4) is 5.75 Å². The van der Waals surface area contributed by atoms with Gasteiger partial charge in [0.05, 0.1) is 5.69 Å². The molecule has 0 bridgehead atoms. The third-order valence-electron chi connectivity index (χ3n) is 5.02. The lowest BCUT2D eigenvalue weighted by molar-refractivity contribution is 0.108. The largest absolute Gasteiger partial charge is 0.490 e. The number of aryl methyl sites for hydroxylation is 1. The molecule has 0 aliphatic heterocycles. The quantitative estimate of drug-likeness (QED) is 0.166. The van der Waals surface area contributed by atoms with E-state index >= 15 is 0 Å². The molecule has 0 aliphatic carbocycles. The highest BCUT2D eigenvalue weighted by Crippen LogP contribution is 2.26. The molecule has 2 atom stereocenters. The van der Waals surface area contributed by atoms with E-state index in [1.54, 1.807) is 0 Å². The van der Waals surface area contributed by atoms with E-state index < -0.39 is 6.10 Å². The molecule has 28 heavy (non-hydrogen) atoms. The minimum Gasteiger partial charge on any atom is -0.490 e. The monoisotopic (exact) mass is 515 g/mol. The lowest BCUT2D eigenvalue weighted by atomic mass is 10.0. The summed E-state index contributed by atoms with van der Waals surface area (Å²) in [5.74, 6) is 1.25. The molecule has 0 amide bonds. The van der Waals surface area contributed by atoms with Crippen molar-refractivity contribution in [2.24, 2.45) is 0 Å². The van der Waals surface area contributed by atoms with E-state index in [2.05, 4.69) is 58.9 Å². The molecule has 5 heteroatoms. The zero-order valence-electron chi connectivity index (χ0n) is 17.2. The fraction of sp³-hybridized carbons (Fsp3) is 0.609. The van der Waals surface area contributed by atoms with Gasteiger partial charge >= 0.3 is 0 Å². The van der Waals surface area contributed by atoms with Crippen LogP contribution in [0.15, 0.2) is 29.6 Å². The highest BCUT2D eigenvalue weighted by atomic mass is 127. The second-order valence-electron chi connectivity index (χ2n) is 7.48. The number of alkyl halides is 1. The summed E-state index contributed by atoms with van der Waals surface area (Å²) in [5, 5.41) is 13.2. The fourth-order valence-corrected chi connectivity index (χ4v) is 4.94. The van der Waals surface area contributed by atoms with Crippen LogP contribution < -0.4 is 4.74 Å². The molecule has 1 N–H and O–H groups in total. The predicted octanol–water partition coefficient (Wildman–Crippen LogP) is 7.09. The number of aliphatic hydroxyl groups is 1. The van der Waals surface area contributed by atoms with Crippen LogP contribution in [0.25, 0.3) is 0 Å². The minimum absolute atomic E-state index is 0.240. The first-order chi connectivity index (χ1) is 13.6. The van der Waals surface area contributed by atoms with Crippen LogP contribution in [0.4, 0.5) is 0 Å². The number of aliphatic hydroxyl groups excluding tert-OH is 1.